The van der Waals surface area contributed by atoms with Gasteiger partial charge in [-0.05, 0) is 61.6 Å². The lowest BCUT2D eigenvalue weighted by molar-refractivity contribution is -0.141. The minimum Gasteiger partial charge on any atom is -0.352 e. The largest absolute Gasteiger partial charge is 0.352 e. The number of hydrogen-bond acceptors (Lipinski definition) is 4. The molecule has 2 atom stereocenters. The summed E-state index contributed by atoms with van der Waals surface area (Å²) in [5.74, 6) is -0.538. The van der Waals surface area contributed by atoms with E-state index in [4.69, 9.17) is 23.2 Å². The molecule has 42 heavy (non-hydrogen) atoms. The van der Waals surface area contributed by atoms with Crippen molar-refractivity contribution in [3.8, 4) is 0 Å². The van der Waals surface area contributed by atoms with Gasteiger partial charge in [-0.25, -0.2) is 8.42 Å². The summed E-state index contributed by atoms with van der Waals surface area (Å²) in [6.45, 7) is 5.96. The topological polar surface area (TPSA) is 86.8 Å². The van der Waals surface area contributed by atoms with Gasteiger partial charge < -0.3 is 10.2 Å². The zero-order valence-electron chi connectivity index (χ0n) is 24.5. The summed E-state index contributed by atoms with van der Waals surface area (Å²) in [5, 5.41) is 3.90. The summed E-state index contributed by atoms with van der Waals surface area (Å²) in [6, 6.07) is 20.9. The molecule has 0 unspecified atom stereocenters. The minimum atomic E-state index is -3.59. The summed E-state index contributed by atoms with van der Waals surface area (Å²) < 4.78 is 26.7. The summed E-state index contributed by atoms with van der Waals surface area (Å²) in [4.78, 5) is 29.2. The Balaban J connectivity index is 1.93. The van der Waals surface area contributed by atoms with Crippen LogP contribution >= 0.6 is 23.2 Å². The van der Waals surface area contributed by atoms with E-state index in [0.29, 0.717) is 27.7 Å². The van der Waals surface area contributed by atoms with Crippen LogP contribution in [0.25, 0.3) is 0 Å². The van der Waals surface area contributed by atoms with Gasteiger partial charge in [0.1, 0.15) is 6.04 Å². The molecule has 0 aliphatic rings. The van der Waals surface area contributed by atoms with Gasteiger partial charge in [-0.3, -0.25) is 13.9 Å². The van der Waals surface area contributed by atoms with Gasteiger partial charge in [-0.1, -0.05) is 84.7 Å². The van der Waals surface area contributed by atoms with E-state index < -0.39 is 16.1 Å². The van der Waals surface area contributed by atoms with E-state index in [1.54, 1.807) is 35.2 Å². The molecule has 0 aliphatic heterocycles. The van der Waals surface area contributed by atoms with Crippen molar-refractivity contribution in [2.24, 2.45) is 0 Å². The predicted molar refractivity (Wildman–Crippen MR) is 171 cm³/mol. The highest BCUT2D eigenvalue weighted by Crippen LogP contribution is 2.26. The molecule has 226 valence electrons. The van der Waals surface area contributed by atoms with Gasteiger partial charge in [0, 0.05) is 42.0 Å². The Kier molecular flexibility index (Phi) is 12.3. The number of halogens is 2. The van der Waals surface area contributed by atoms with Crippen molar-refractivity contribution in [1.82, 2.24) is 10.2 Å². The molecule has 3 aromatic rings. The lowest BCUT2D eigenvalue weighted by Gasteiger charge is -2.33. The van der Waals surface area contributed by atoms with Crippen molar-refractivity contribution in [3.63, 3.8) is 0 Å². The molecule has 0 aliphatic carbocycles. The maximum absolute atomic E-state index is 14.0. The van der Waals surface area contributed by atoms with Crippen LogP contribution in [0.4, 0.5) is 5.69 Å². The number of amides is 2. The molecule has 0 radical (unpaired) electrons. The third-order valence-electron chi connectivity index (χ3n) is 7.16. The summed E-state index contributed by atoms with van der Waals surface area (Å²) >= 11 is 12.6. The van der Waals surface area contributed by atoms with E-state index in [9.17, 15) is 18.0 Å². The van der Waals surface area contributed by atoms with E-state index in [1.165, 1.54) is 4.31 Å². The average Bonchev–Trinajstić information content (AvgIpc) is 2.94. The van der Waals surface area contributed by atoms with Crippen LogP contribution < -0.4 is 9.62 Å². The molecule has 0 bridgehead atoms. The van der Waals surface area contributed by atoms with Crippen LogP contribution in [0.1, 0.15) is 49.8 Å². The Bertz CT molecular complexity index is 1470. The van der Waals surface area contributed by atoms with Crippen LogP contribution in [0.5, 0.6) is 0 Å². The molecular formula is C32H39Cl2N3O4S. The highest BCUT2D eigenvalue weighted by Gasteiger charge is 2.31. The highest BCUT2D eigenvalue weighted by molar-refractivity contribution is 7.92. The first-order valence-electron chi connectivity index (χ1n) is 14.0. The molecule has 10 heteroatoms. The molecule has 0 fully saturated rings. The summed E-state index contributed by atoms with van der Waals surface area (Å²) in [6.07, 6.45) is 2.49. The Hall–Kier alpha value is -3.07. The lowest BCUT2D eigenvalue weighted by Crippen LogP contribution is -2.52. The van der Waals surface area contributed by atoms with Crippen LogP contribution in [0.15, 0.2) is 72.8 Å². The van der Waals surface area contributed by atoms with Crippen molar-refractivity contribution in [2.75, 3.05) is 17.1 Å². The zero-order chi connectivity index (χ0) is 30.9. The number of hydrogen-bond donors (Lipinski definition) is 1. The van der Waals surface area contributed by atoms with Crippen LogP contribution in [0.2, 0.25) is 10.0 Å². The molecule has 2 amide bonds. The molecule has 7 nitrogen and oxygen atoms in total. The summed E-state index contributed by atoms with van der Waals surface area (Å²) in [7, 11) is -3.59. The predicted octanol–water partition coefficient (Wildman–Crippen LogP) is 6.40. The Morgan fingerprint density at radius 1 is 0.976 bits per heavy atom. The second-order valence-electron chi connectivity index (χ2n) is 10.5. The number of rotatable bonds is 14. The van der Waals surface area contributed by atoms with Gasteiger partial charge in [0.25, 0.3) is 0 Å². The van der Waals surface area contributed by atoms with E-state index >= 15 is 0 Å². The number of nitrogens with zero attached hydrogens (tertiary/aromatic N) is 2. The maximum Gasteiger partial charge on any atom is 0.243 e. The number of carbonyl (C=O) groups is 2. The first-order valence-corrected chi connectivity index (χ1v) is 16.6. The number of carbonyl (C=O) groups excluding carboxylic acids is 2. The minimum absolute atomic E-state index is 0.0327. The van der Waals surface area contributed by atoms with Gasteiger partial charge in [0.15, 0.2) is 0 Å². The van der Waals surface area contributed by atoms with Crippen molar-refractivity contribution in [2.45, 2.75) is 65.1 Å². The zero-order valence-corrected chi connectivity index (χ0v) is 26.8. The van der Waals surface area contributed by atoms with E-state index in [2.05, 4.69) is 5.32 Å². The number of nitrogens with one attached hydrogen (secondary N) is 1. The molecule has 0 saturated heterocycles. The fourth-order valence-corrected chi connectivity index (χ4v) is 6.15. The second kappa shape index (κ2) is 15.4. The number of anilines is 1. The summed E-state index contributed by atoms with van der Waals surface area (Å²) in [5.41, 5.74) is 2.95. The fraction of sp³-hybridized carbons (Fsp3) is 0.375. The quantitative estimate of drug-likeness (QED) is 0.223. The van der Waals surface area contributed by atoms with Gasteiger partial charge in [-0.2, -0.15) is 0 Å². The number of sulfonamides is 1. The van der Waals surface area contributed by atoms with E-state index in [1.807, 2.05) is 63.2 Å². The molecule has 0 spiro atoms. The molecule has 0 aromatic heterocycles. The Morgan fingerprint density at radius 3 is 2.26 bits per heavy atom. The van der Waals surface area contributed by atoms with Crippen LogP contribution in [0, 0.1) is 6.92 Å². The molecule has 3 aromatic carbocycles. The van der Waals surface area contributed by atoms with E-state index in [0.717, 1.165) is 23.8 Å². The van der Waals surface area contributed by atoms with Crippen molar-refractivity contribution in [1.29, 1.82) is 0 Å². The second-order valence-corrected chi connectivity index (χ2v) is 13.3. The first kappa shape index (κ1) is 33.4. The highest BCUT2D eigenvalue weighted by atomic mass is 35.5. The lowest BCUT2D eigenvalue weighted by atomic mass is 10.0. The number of benzene rings is 3. The van der Waals surface area contributed by atoms with Gasteiger partial charge in [0.05, 0.1) is 11.9 Å². The van der Waals surface area contributed by atoms with Crippen LogP contribution in [0.3, 0.4) is 0 Å². The van der Waals surface area contributed by atoms with Gasteiger partial charge in [-0.15, -0.1) is 0 Å². The number of aryl methyl sites for hydroxylation is 1. The average molecular weight is 633 g/mol. The van der Waals surface area contributed by atoms with Crippen LogP contribution in [-0.2, 0) is 32.6 Å². The standard InChI is InChI=1S/C32H39Cl2N3O4S/c1-5-24(3)35-32(39)30(20-25-13-7-6-8-14-25)36(22-26-17-18-27(33)21-28(26)34)31(38)16-11-19-37(42(4,40)41)29-15-10-9-12-23(29)2/h6-10,12-15,17-18,21,24,30H,5,11,16,19-20,22H2,1-4H3,(H,35,39)/t24-,30-/m0/s1. The van der Waals surface area contributed by atoms with Crippen molar-refractivity contribution < 1.29 is 18.0 Å². The van der Waals surface area contributed by atoms with Gasteiger partial charge in [0.2, 0.25) is 21.8 Å². The first-order chi connectivity index (χ1) is 19.9. The van der Waals surface area contributed by atoms with Crippen molar-refractivity contribution >= 4 is 50.7 Å². The fourth-order valence-electron chi connectivity index (χ4n) is 4.65. The number of para-hydroxylation sites is 1. The monoisotopic (exact) mass is 631 g/mol. The Labute approximate surface area is 259 Å². The Morgan fingerprint density at radius 2 is 1.64 bits per heavy atom. The molecule has 0 heterocycles. The SMILES string of the molecule is CC[C@H](C)NC(=O)[C@H](Cc1ccccc1)N(Cc1ccc(Cl)cc1Cl)C(=O)CCCN(c1ccccc1C)S(C)(=O)=O. The molecule has 1 N–H and O–H groups in total. The third kappa shape index (κ3) is 9.48. The van der Waals surface area contributed by atoms with E-state index in [-0.39, 0.29) is 43.8 Å². The molecular weight excluding hydrogens is 593 g/mol. The smallest absolute Gasteiger partial charge is 0.243 e. The third-order valence-corrected chi connectivity index (χ3v) is 8.93. The molecule has 3 rings (SSSR count). The maximum atomic E-state index is 14.0. The van der Waals surface area contributed by atoms with Crippen molar-refractivity contribution in [3.05, 3.63) is 99.5 Å². The van der Waals surface area contributed by atoms with Crippen LogP contribution in [-0.4, -0.2) is 50.0 Å². The normalized spacial score (nSPS) is 12.8. The molecule has 0 saturated carbocycles. The van der Waals surface area contributed by atoms with Gasteiger partial charge >= 0.3 is 0 Å².